The van der Waals surface area contributed by atoms with Crippen molar-refractivity contribution in [1.82, 2.24) is 4.90 Å². The van der Waals surface area contributed by atoms with Crippen molar-refractivity contribution in [3.8, 4) is 0 Å². The van der Waals surface area contributed by atoms with E-state index >= 15 is 0 Å². The van der Waals surface area contributed by atoms with Crippen LogP contribution in [0, 0.1) is 0 Å². The first kappa shape index (κ1) is 12.6. The first-order valence-electron chi connectivity index (χ1n) is 6.72. The predicted molar refractivity (Wildman–Crippen MR) is 67.9 cm³/mol. The summed E-state index contributed by atoms with van der Waals surface area (Å²) in [6.45, 7) is 3.48. The third-order valence-corrected chi connectivity index (χ3v) is 3.26. The molecular weight excluding hydrogens is 182 g/mol. The third kappa shape index (κ3) is 5.86. The fraction of sp³-hybridized carbons (Fsp3) is 0.857. The standard InChI is InChI=1S/C14H27N/c1-3-4-12-15(2)13-14-10-8-6-5-7-9-11-14/h13H,3-12H2,1-2H3. The molecular formula is C14H27N. The van der Waals surface area contributed by atoms with Crippen molar-refractivity contribution >= 4 is 0 Å². The number of allylic oxidation sites excluding steroid dienone is 1. The lowest BCUT2D eigenvalue weighted by Gasteiger charge is -2.18. The Kier molecular flexibility index (Phi) is 6.54. The first-order valence-corrected chi connectivity index (χ1v) is 6.72. The van der Waals surface area contributed by atoms with E-state index in [2.05, 4.69) is 25.1 Å². The molecule has 0 heterocycles. The van der Waals surface area contributed by atoms with Gasteiger partial charge in [-0.2, -0.15) is 0 Å². The van der Waals surface area contributed by atoms with E-state index in [9.17, 15) is 0 Å². The van der Waals surface area contributed by atoms with Gasteiger partial charge in [-0.3, -0.25) is 0 Å². The molecule has 88 valence electrons. The minimum absolute atomic E-state index is 1.22. The van der Waals surface area contributed by atoms with E-state index in [-0.39, 0.29) is 0 Å². The number of unbranched alkanes of at least 4 members (excludes halogenated alkanes) is 1. The summed E-state index contributed by atoms with van der Waals surface area (Å²) in [5, 5.41) is 0. The van der Waals surface area contributed by atoms with Gasteiger partial charge in [-0.1, -0.05) is 38.2 Å². The Morgan fingerprint density at radius 3 is 2.27 bits per heavy atom. The van der Waals surface area contributed by atoms with Crippen LogP contribution in [-0.2, 0) is 0 Å². The summed E-state index contributed by atoms with van der Waals surface area (Å²) in [5.41, 5.74) is 1.69. The van der Waals surface area contributed by atoms with Gasteiger partial charge in [-0.15, -0.1) is 0 Å². The second-order valence-corrected chi connectivity index (χ2v) is 4.89. The van der Waals surface area contributed by atoms with Gasteiger partial charge in [-0.25, -0.2) is 0 Å². The van der Waals surface area contributed by atoms with Gasteiger partial charge in [0.05, 0.1) is 0 Å². The fourth-order valence-corrected chi connectivity index (χ4v) is 2.27. The lowest BCUT2D eigenvalue weighted by molar-refractivity contribution is 0.431. The van der Waals surface area contributed by atoms with Crippen LogP contribution in [0.2, 0.25) is 0 Å². The Morgan fingerprint density at radius 2 is 1.67 bits per heavy atom. The van der Waals surface area contributed by atoms with Crippen LogP contribution < -0.4 is 0 Å². The van der Waals surface area contributed by atoms with E-state index in [1.165, 1.54) is 64.3 Å². The minimum Gasteiger partial charge on any atom is -0.380 e. The molecule has 1 aliphatic carbocycles. The minimum atomic E-state index is 1.22. The van der Waals surface area contributed by atoms with Gasteiger partial charge in [0, 0.05) is 13.6 Å². The van der Waals surface area contributed by atoms with Gasteiger partial charge in [0.25, 0.3) is 0 Å². The number of nitrogens with zero attached hydrogens (tertiary/aromatic N) is 1. The zero-order valence-corrected chi connectivity index (χ0v) is 10.6. The van der Waals surface area contributed by atoms with Crippen LogP contribution in [0.25, 0.3) is 0 Å². The average molecular weight is 209 g/mol. The molecule has 0 atom stereocenters. The molecule has 0 spiro atoms. The molecule has 15 heavy (non-hydrogen) atoms. The smallest absolute Gasteiger partial charge is 0.0169 e. The van der Waals surface area contributed by atoms with Gasteiger partial charge in [-0.05, 0) is 38.3 Å². The van der Waals surface area contributed by atoms with Crippen molar-refractivity contribution in [2.75, 3.05) is 13.6 Å². The molecule has 0 saturated heterocycles. The van der Waals surface area contributed by atoms with E-state index in [0.717, 1.165) is 0 Å². The molecule has 0 radical (unpaired) electrons. The lowest BCUT2D eigenvalue weighted by Crippen LogP contribution is -2.13. The second-order valence-electron chi connectivity index (χ2n) is 4.89. The Balaban J connectivity index is 2.33. The van der Waals surface area contributed by atoms with Gasteiger partial charge < -0.3 is 4.90 Å². The monoisotopic (exact) mass is 209 g/mol. The molecule has 0 amide bonds. The summed E-state index contributed by atoms with van der Waals surface area (Å²) in [6, 6.07) is 0. The van der Waals surface area contributed by atoms with Crippen molar-refractivity contribution in [3.63, 3.8) is 0 Å². The second kappa shape index (κ2) is 7.78. The largest absolute Gasteiger partial charge is 0.380 e. The highest BCUT2D eigenvalue weighted by molar-refractivity contribution is 5.01. The Bertz CT molecular complexity index is 174. The maximum absolute atomic E-state index is 2.42. The fourth-order valence-electron chi connectivity index (χ4n) is 2.27. The summed E-state index contributed by atoms with van der Waals surface area (Å²) in [4.78, 5) is 2.39. The third-order valence-electron chi connectivity index (χ3n) is 3.26. The predicted octanol–water partition coefficient (Wildman–Crippen LogP) is 4.35. The summed E-state index contributed by atoms with van der Waals surface area (Å²) >= 11 is 0. The molecule has 1 nitrogen and oxygen atoms in total. The van der Waals surface area contributed by atoms with Crippen LogP contribution >= 0.6 is 0 Å². The number of hydrogen-bond acceptors (Lipinski definition) is 1. The Labute approximate surface area is 95.5 Å². The summed E-state index contributed by atoms with van der Waals surface area (Å²) in [7, 11) is 2.22. The molecule has 0 bridgehead atoms. The topological polar surface area (TPSA) is 3.24 Å². The van der Waals surface area contributed by atoms with Crippen LogP contribution in [0.5, 0.6) is 0 Å². The van der Waals surface area contributed by atoms with Gasteiger partial charge in [0.2, 0.25) is 0 Å². The van der Waals surface area contributed by atoms with E-state index in [4.69, 9.17) is 0 Å². The Morgan fingerprint density at radius 1 is 1.07 bits per heavy atom. The molecule has 0 unspecified atom stereocenters. The van der Waals surface area contributed by atoms with E-state index in [1.807, 2.05) is 0 Å². The molecule has 1 aliphatic rings. The average Bonchev–Trinajstić information content (AvgIpc) is 2.19. The lowest BCUT2D eigenvalue weighted by atomic mass is 9.97. The Hall–Kier alpha value is -0.460. The molecule has 1 saturated carbocycles. The quantitative estimate of drug-likeness (QED) is 0.665. The maximum Gasteiger partial charge on any atom is 0.0169 e. The van der Waals surface area contributed by atoms with Crippen LogP contribution in [-0.4, -0.2) is 18.5 Å². The zero-order valence-electron chi connectivity index (χ0n) is 10.6. The van der Waals surface area contributed by atoms with Gasteiger partial charge in [0.15, 0.2) is 0 Å². The summed E-state index contributed by atoms with van der Waals surface area (Å²) in [5.74, 6) is 0. The molecule has 0 aliphatic heterocycles. The summed E-state index contributed by atoms with van der Waals surface area (Å²) in [6.07, 6.45) is 14.9. The van der Waals surface area contributed by atoms with E-state index < -0.39 is 0 Å². The maximum atomic E-state index is 2.42. The molecule has 0 aromatic carbocycles. The first-order chi connectivity index (χ1) is 7.33. The van der Waals surface area contributed by atoms with Crippen LogP contribution in [0.15, 0.2) is 11.8 Å². The van der Waals surface area contributed by atoms with Crippen molar-refractivity contribution in [2.24, 2.45) is 0 Å². The van der Waals surface area contributed by atoms with Crippen LogP contribution in [0.3, 0.4) is 0 Å². The molecule has 0 N–H and O–H groups in total. The number of hydrogen-bond donors (Lipinski definition) is 0. The van der Waals surface area contributed by atoms with Gasteiger partial charge in [0.1, 0.15) is 0 Å². The molecule has 1 heteroatoms. The van der Waals surface area contributed by atoms with E-state index in [0.29, 0.717) is 0 Å². The SMILES string of the molecule is CCCCN(C)C=C1CCCCCCC1. The van der Waals surface area contributed by atoms with Crippen LogP contribution in [0.1, 0.15) is 64.7 Å². The normalized spacial score (nSPS) is 18.1. The highest BCUT2D eigenvalue weighted by Gasteiger charge is 2.04. The summed E-state index contributed by atoms with van der Waals surface area (Å²) < 4.78 is 0. The van der Waals surface area contributed by atoms with Crippen molar-refractivity contribution in [3.05, 3.63) is 11.8 Å². The molecule has 1 fully saturated rings. The van der Waals surface area contributed by atoms with E-state index in [1.54, 1.807) is 5.57 Å². The molecule has 0 aromatic heterocycles. The van der Waals surface area contributed by atoms with Crippen molar-refractivity contribution < 1.29 is 0 Å². The highest BCUT2D eigenvalue weighted by atomic mass is 15.1. The van der Waals surface area contributed by atoms with Crippen molar-refractivity contribution in [2.45, 2.75) is 64.7 Å². The zero-order chi connectivity index (χ0) is 10.9. The molecule has 0 aromatic rings. The number of rotatable bonds is 4. The highest BCUT2D eigenvalue weighted by Crippen LogP contribution is 2.21. The van der Waals surface area contributed by atoms with Crippen molar-refractivity contribution in [1.29, 1.82) is 0 Å². The van der Waals surface area contributed by atoms with Gasteiger partial charge >= 0.3 is 0 Å². The van der Waals surface area contributed by atoms with Crippen LogP contribution in [0.4, 0.5) is 0 Å². The molecule has 1 rings (SSSR count).